The molecule has 5 rings (SSSR count). The highest BCUT2D eigenvalue weighted by Crippen LogP contribution is 2.28. The first-order valence-corrected chi connectivity index (χ1v) is 10.8. The van der Waals surface area contributed by atoms with Gasteiger partial charge in [0.15, 0.2) is 0 Å². The van der Waals surface area contributed by atoms with Crippen molar-refractivity contribution in [3.8, 4) is 28.2 Å². The van der Waals surface area contributed by atoms with E-state index >= 15 is 0 Å². The summed E-state index contributed by atoms with van der Waals surface area (Å²) in [5.41, 5.74) is 6.46. The Hall–Kier alpha value is -4.51. The summed E-state index contributed by atoms with van der Waals surface area (Å²) in [4.78, 5) is 16.7. The molecule has 160 valence electrons. The molecule has 5 nitrogen and oxygen atoms in total. The number of hydrogen-bond donors (Lipinski definition) is 1. The smallest absolute Gasteiger partial charge is 0.251 e. The SMILES string of the molecule is O=C(NCc1cccnc1)c1ccc(-n2nc(-c3ccccc3)cc2-c2ccccc2)cc1. The van der Waals surface area contributed by atoms with E-state index in [1.54, 1.807) is 12.4 Å². The van der Waals surface area contributed by atoms with Crippen LogP contribution in [0.1, 0.15) is 15.9 Å². The second kappa shape index (κ2) is 9.32. The molecule has 0 saturated carbocycles. The molecule has 5 aromatic rings. The summed E-state index contributed by atoms with van der Waals surface area (Å²) >= 11 is 0. The van der Waals surface area contributed by atoms with Crippen LogP contribution < -0.4 is 5.32 Å². The molecule has 33 heavy (non-hydrogen) atoms. The summed E-state index contributed by atoms with van der Waals surface area (Å²) in [5.74, 6) is -0.126. The van der Waals surface area contributed by atoms with E-state index in [0.29, 0.717) is 12.1 Å². The molecule has 5 heteroatoms. The standard InChI is InChI=1S/C28H22N4O/c33-28(30-20-21-8-7-17-29-19-21)24-13-15-25(16-14-24)32-27(23-11-5-2-6-12-23)18-26(31-32)22-9-3-1-4-10-22/h1-19H,20H2,(H,30,33). The van der Waals surface area contributed by atoms with Crippen molar-refractivity contribution >= 4 is 5.91 Å². The summed E-state index contributed by atoms with van der Waals surface area (Å²) in [7, 11) is 0. The minimum Gasteiger partial charge on any atom is -0.348 e. The van der Waals surface area contributed by atoms with Crippen molar-refractivity contribution in [2.45, 2.75) is 6.54 Å². The summed E-state index contributed by atoms with van der Waals surface area (Å²) in [5, 5.41) is 7.82. The van der Waals surface area contributed by atoms with Gasteiger partial charge in [-0.25, -0.2) is 4.68 Å². The van der Waals surface area contributed by atoms with E-state index in [9.17, 15) is 4.79 Å². The van der Waals surface area contributed by atoms with E-state index in [2.05, 4.69) is 40.6 Å². The van der Waals surface area contributed by atoms with Crippen LogP contribution in [0.3, 0.4) is 0 Å². The molecule has 0 aliphatic carbocycles. The van der Waals surface area contributed by atoms with Crippen LogP contribution in [0, 0.1) is 0 Å². The van der Waals surface area contributed by atoms with Crippen LogP contribution in [0.4, 0.5) is 0 Å². The molecule has 0 radical (unpaired) electrons. The Morgan fingerprint density at radius 1 is 0.788 bits per heavy atom. The molecule has 1 amide bonds. The Morgan fingerprint density at radius 2 is 1.48 bits per heavy atom. The van der Waals surface area contributed by atoms with E-state index in [0.717, 1.165) is 33.8 Å². The molecule has 0 aliphatic rings. The fraction of sp³-hybridized carbons (Fsp3) is 0.0357. The lowest BCUT2D eigenvalue weighted by molar-refractivity contribution is 0.0951. The third kappa shape index (κ3) is 4.57. The van der Waals surface area contributed by atoms with Gasteiger partial charge in [-0.3, -0.25) is 9.78 Å². The molecular formula is C28H22N4O. The van der Waals surface area contributed by atoms with Gasteiger partial charge >= 0.3 is 0 Å². The van der Waals surface area contributed by atoms with E-state index in [1.165, 1.54) is 0 Å². The summed E-state index contributed by atoms with van der Waals surface area (Å²) in [6.45, 7) is 0.437. The average Bonchev–Trinajstić information content (AvgIpc) is 3.35. The van der Waals surface area contributed by atoms with Crippen LogP contribution in [0.15, 0.2) is 116 Å². The van der Waals surface area contributed by atoms with E-state index < -0.39 is 0 Å². The topological polar surface area (TPSA) is 59.8 Å². The lowest BCUT2D eigenvalue weighted by Crippen LogP contribution is -2.22. The highest BCUT2D eigenvalue weighted by molar-refractivity contribution is 5.94. The van der Waals surface area contributed by atoms with E-state index in [1.807, 2.05) is 77.5 Å². The van der Waals surface area contributed by atoms with Gasteiger partial charge in [-0.1, -0.05) is 66.7 Å². The number of carbonyl (C=O) groups excluding carboxylic acids is 1. The number of aromatic nitrogens is 3. The van der Waals surface area contributed by atoms with Crippen LogP contribution in [-0.4, -0.2) is 20.7 Å². The zero-order valence-electron chi connectivity index (χ0n) is 17.9. The molecule has 0 atom stereocenters. The van der Waals surface area contributed by atoms with Gasteiger partial charge < -0.3 is 5.32 Å². The molecule has 2 aromatic heterocycles. The predicted molar refractivity (Wildman–Crippen MR) is 130 cm³/mol. The highest BCUT2D eigenvalue weighted by atomic mass is 16.1. The zero-order valence-corrected chi connectivity index (χ0v) is 17.9. The third-order valence-electron chi connectivity index (χ3n) is 5.40. The zero-order chi connectivity index (χ0) is 22.5. The summed E-state index contributed by atoms with van der Waals surface area (Å²) < 4.78 is 1.93. The number of hydrogen-bond acceptors (Lipinski definition) is 3. The number of pyridine rings is 1. The van der Waals surface area contributed by atoms with Crippen LogP contribution in [-0.2, 0) is 6.54 Å². The number of rotatable bonds is 6. The molecule has 2 heterocycles. The predicted octanol–water partition coefficient (Wildman–Crippen LogP) is 5.53. The Morgan fingerprint density at radius 3 is 2.15 bits per heavy atom. The maximum atomic E-state index is 12.6. The van der Waals surface area contributed by atoms with Crippen molar-refractivity contribution in [3.63, 3.8) is 0 Å². The molecule has 0 saturated heterocycles. The van der Waals surface area contributed by atoms with Crippen LogP contribution in [0.25, 0.3) is 28.2 Å². The Balaban J connectivity index is 1.43. The molecule has 0 aliphatic heterocycles. The van der Waals surface area contributed by atoms with Crippen molar-refractivity contribution in [1.82, 2.24) is 20.1 Å². The Kier molecular flexibility index (Phi) is 5.76. The highest BCUT2D eigenvalue weighted by Gasteiger charge is 2.14. The largest absolute Gasteiger partial charge is 0.348 e. The summed E-state index contributed by atoms with van der Waals surface area (Å²) in [6, 6.07) is 33.7. The normalized spacial score (nSPS) is 10.7. The second-order valence-corrected chi connectivity index (χ2v) is 7.65. The van der Waals surface area contributed by atoms with Gasteiger partial charge in [0, 0.05) is 35.6 Å². The van der Waals surface area contributed by atoms with Gasteiger partial charge in [0.1, 0.15) is 0 Å². The Labute approximate surface area is 192 Å². The van der Waals surface area contributed by atoms with Gasteiger partial charge in [-0.15, -0.1) is 0 Å². The molecule has 0 fully saturated rings. The molecule has 0 bridgehead atoms. The van der Waals surface area contributed by atoms with Crippen LogP contribution in [0.2, 0.25) is 0 Å². The van der Waals surface area contributed by atoms with Gasteiger partial charge in [0.25, 0.3) is 5.91 Å². The third-order valence-corrected chi connectivity index (χ3v) is 5.40. The van der Waals surface area contributed by atoms with E-state index in [-0.39, 0.29) is 5.91 Å². The van der Waals surface area contributed by atoms with Crippen molar-refractivity contribution < 1.29 is 4.79 Å². The van der Waals surface area contributed by atoms with Gasteiger partial charge in [-0.05, 0) is 42.0 Å². The van der Waals surface area contributed by atoms with Gasteiger partial charge in [0.2, 0.25) is 0 Å². The fourth-order valence-electron chi connectivity index (χ4n) is 3.68. The first kappa shape index (κ1) is 20.4. The first-order chi connectivity index (χ1) is 16.3. The van der Waals surface area contributed by atoms with Crippen LogP contribution >= 0.6 is 0 Å². The molecular weight excluding hydrogens is 408 g/mol. The number of carbonyl (C=O) groups is 1. The van der Waals surface area contributed by atoms with Crippen molar-refractivity contribution in [2.24, 2.45) is 0 Å². The maximum Gasteiger partial charge on any atom is 0.251 e. The fourth-order valence-corrected chi connectivity index (χ4v) is 3.68. The second-order valence-electron chi connectivity index (χ2n) is 7.65. The average molecular weight is 431 g/mol. The number of nitrogens with zero attached hydrogens (tertiary/aromatic N) is 3. The minimum absolute atomic E-state index is 0.126. The molecule has 0 unspecified atom stereocenters. The van der Waals surface area contributed by atoms with Crippen molar-refractivity contribution in [3.05, 3.63) is 127 Å². The van der Waals surface area contributed by atoms with Crippen LogP contribution in [0.5, 0.6) is 0 Å². The minimum atomic E-state index is -0.126. The number of amides is 1. The number of benzene rings is 3. The lowest BCUT2D eigenvalue weighted by atomic mass is 10.1. The summed E-state index contributed by atoms with van der Waals surface area (Å²) in [6.07, 6.45) is 3.46. The monoisotopic (exact) mass is 430 g/mol. The van der Waals surface area contributed by atoms with Gasteiger partial charge in [0.05, 0.1) is 17.1 Å². The number of nitrogens with one attached hydrogen (secondary N) is 1. The Bertz CT molecular complexity index is 1350. The quantitative estimate of drug-likeness (QED) is 0.385. The van der Waals surface area contributed by atoms with E-state index in [4.69, 9.17) is 5.10 Å². The first-order valence-electron chi connectivity index (χ1n) is 10.8. The maximum absolute atomic E-state index is 12.6. The van der Waals surface area contributed by atoms with Crippen molar-refractivity contribution in [2.75, 3.05) is 0 Å². The molecule has 3 aromatic carbocycles. The van der Waals surface area contributed by atoms with Gasteiger partial charge in [-0.2, -0.15) is 5.10 Å². The lowest BCUT2D eigenvalue weighted by Gasteiger charge is -2.09. The molecule has 0 spiro atoms. The molecule has 1 N–H and O–H groups in total. The van der Waals surface area contributed by atoms with Crippen molar-refractivity contribution in [1.29, 1.82) is 0 Å².